The molecule has 164 valence electrons. The molecule has 0 aliphatic carbocycles. The van der Waals surface area contributed by atoms with Crippen LogP contribution < -0.4 is 27.0 Å². The van der Waals surface area contributed by atoms with E-state index < -0.39 is 60.4 Å². The molecule has 1 saturated heterocycles. The Hall–Kier alpha value is -2.38. The van der Waals surface area contributed by atoms with Gasteiger partial charge >= 0.3 is 5.97 Å². The van der Waals surface area contributed by atoms with Gasteiger partial charge in [0.05, 0.1) is 12.6 Å². The van der Waals surface area contributed by atoms with Gasteiger partial charge in [-0.2, -0.15) is 12.6 Å². The number of carboxylic acids is 1. The summed E-state index contributed by atoms with van der Waals surface area (Å²) in [5.41, 5.74) is 5.08. The first kappa shape index (κ1) is 24.7. The fourth-order valence-electron chi connectivity index (χ4n) is 2.66. The van der Waals surface area contributed by atoms with E-state index in [2.05, 4.69) is 33.9 Å². The van der Waals surface area contributed by atoms with Gasteiger partial charge in [0.1, 0.15) is 18.1 Å². The first-order chi connectivity index (χ1) is 13.7. The maximum atomic E-state index is 12.4. The molecule has 4 atom stereocenters. The molecular weight excluding hydrogens is 406 g/mol. The number of aliphatic hydroxyl groups excluding tert-OH is 1. The van der Waals surface area contributed by atoms with E-state index in [1.807, 2.05) is 0 Å². The minimum absolute atomic E-state index is 0.192. The smallest absolute Gasteiger partial charge is 0.327 e. The van der Waals surface area contributed by atoms with E-state index in [1.54, 1.807) is 0 Å². The van der Waals surface area contributed by atoms with Crippen molar-refractivity contribution in [3.05, 3.63) is 0 Å². The predicted molar refractivity (Wildman–Crippen MR) is 104 cm³/mol. The molecule has 8 N–H and O–H groups in total. The van der Waals surface area contributed by atoms with Gasteiger partial charge in [0, 0.05) is 12.2 Å². The SMILES string of the molecule is NC(=O)CCC(NC(=O)C(CO)NC(=O)C1CCCN1)C(=O)NC(CS)C(=O)O. The minimum Gasteiger partial charge on any atom is -0.480 e. The molecule has 0 radical (unpaired) electrons. The zero-order chi connectivity index (χ0) is 22.0. The van der Waals surface area contributed by atoms with E-state index in [0.29, 0.717) is 13.0 Å². The van der Waals surface area contributed by atoms with Crippen molar-refractivity contribution in [1.82, 2.24) is 21.3 Å². The molecule has 0 aromatic heterocycles. The second kappa shape index (κ2) is 12.2. The number of primary amides is 1. The molecule has 0 aromatic carbocycles. The number of thiol groups is 1. The molecule has 1 aliphatic heterocycles. The standard InChI is InChI=1S/C16H27N5O7S/c17-12(23)4-3-9(14(25)21-11(7-29)16(27)28)19-15(26)10(6-22)20-13(24)8-2-1-5-18-8/h8-11,18,22,29H,1-7H2,(H2,17,23)(H,19,26)(H,20,24)(H,21,25)(H,27,28). The van der Waals surface area contributed by atoms with E-state index in [1.165, 1.54) is 0 Å². The van der Waals surface area contributed by atoms with Gasteiger partial charge < -0.3 is 37.2 Å². The lowest BCUT2D eigenvalue weighted by Gasteiger charge is -2.24. The Bertz CT molecular complexity index is 627. The normalized spacial score (nSPS) is 18.9. The number of hydrogen-bond donors (Lipinski definition) is 8. The number of carboxylic acid groups (broad SMARTS) is 1. The van der Waals surface area contributed by atoms with Crippen LogP contribution in [0.5, 0.6) is 0 Å². The lowest BCUT2D eigenvalue weighted by atomic mass is 10.1. The summed E-state index contributed by atoms with van der Waals surface area (Å²) in [6.45, 7) is -0.0534. The first-order valence-corrected chi connectivity index (χ1v) is 9.70. The van der Waals surface area contributed by atoms with Gasteiger partial charge in [-0.25, -0.2) is 4.79 Å². The fourth-order valence-corrected chi connectivity index (χ4v) is 2.91. The van der Waals surface area contributed by atoms with E-state index in [4.69, 9.17) is 10.8 Å². The van der Waals surface area contributed by atoms with E-state index in [9.17, 15) is 29.1 Å². The van der Waals surface area contributed by atoms with Crippen LogP contribution in [0.2, 0.25) is 0 Å². The molecule has 1 heterocycles. The molecule has 0 bridgehead atoms. The van der Waals surface area contributed by atoms with Crippen LogP contribution in [0.3, 0.4) is 0 Å². The number of aliphatic hydroxyl groups is 1. The second-order valence-corrected chi connectivity index (χ2v) is 6.91. The number of carbonyl (C=O) groups excluding carboxylic acids is 4. The van der Waals surface area contributed by atoms with Crippen molar-refractivity contribution in [3.8, 4) is 0 Å². The highest BCUT2D eigenvalue weighted by Gasteiger charge is 2.31. The largest absolute Gasteiger partial charge is 0.480 e. The fraction of sp³-hybridized carbons (Fsp3) is 0.688. The van der Waals surface area contributed by atoms with E-state index in [0.717, 1.165) is 6.42 Å². The van der Waals surface area contributed by atoms with Gasteiger partial charge in [0.25, 0.3) is 0 Å². The van der Waals surface area contributed by atoms with E-state index >= 15 is 0 Å². The average Bonchev–Trinajstić information content (AvgIpc) is 3.21. The van der Waals surface area contributed by atoms with Crippen LogP contribution in [0.1, 0.15) is 25.7 Å². The summed E-state index contributed by atoms with van der Waals surface area (Å²) < 4.78 is 0. The molecule has 13 heteroatoms. The van der Waals surface area contributed by atoms with Gasteiger partial charge in [-0.3, -0.25) is 19.2 Å². The molecule has 1 aliphatic rings. The zero-order valence-corrected chi connectivity index (χ0v) is 16.6. The van der Waals surface area contributed by atoms with Crippen LogP contribution in [-0.4, -0.2) is 82.9 Å². The summed E-state index contributed by atoms with van der Waals surface area (Å²) in [5.74, 6) is -4.42. The van der Waals surface area contributed by atoms with Gasteiger partial charge in [-0.15, -0.1) is 0 Å². The molecule has 29 heavy (non-hydrogen) atoms. The number of hydrogen-bond acceptors (Lipinski definition) is 8. The number of aliphatic carboxylic acids is 1. The Morgan fingerprint density at radius 2 is 1.69 bits per heavy atom. The molecule has 1 fully saturated rings. The van der Waals surface area contributed by atoms with Gasteiger partial charge in [0.2, 0.25) is 23.6 Å². The monoisotopic (exact) mass is 433 g/mol. The summed E-state index contributed by atoms with van der Waals surface area (Å²) in [5, 5.41) is 28.3. The zero-order valence-electron chi connectivity index (χ0n) is 15.7. The molecule has 1 rings (SSSR count). The average molecular weight is 433 g/mol. The maximum absolute atomic E-state index is 12.4. The number of rotatable bonds is 12. The third-order valence-corrected chi connectivity index (χ3v) is 4.67. The lowest BCUT2D eigenvalue weighted by molar-refractivity contribution is -0.141. The van der Waals surface area contributed by atoms with Gasteiger partial charge in [0.15, 0.2) is 0 Å². The Labute approximate surface area is 172 Å². The lowest BCUT2D eigenvalue weighted by Crippen LogP contribution is -2.58. The maximum Gasteiger partial charge on any atom is 0.327 e. The quantitative estimate of drug-likeness (QED) is 0.145. The van der Waals surface area contributed by atoms with Crippen LogP contribution in [-0.2, 0) is 24.0 Å². The summed E-state index contributed by atoms with van der Waals surface area (Å²) in [7, 11) is 0. The van der Waals surface area contributed by atoms with Crippen LogP contribution in [0.25, 0.3) is 0 Å². The van der Waals surface area contributed by atoms with Crippen LogP contribution >= 0.6 is 12.6 Å². The third-order valence-electron chi connectivity index (χ3n) is 4.30. The first-order valence-electron chi connectivity index (χ1n) is 9.06. The minimum atomic E-state index is -1.33. The predicted octanol–water partition coefficient (Wildman–Crippen LogP) is -3.53. The Kier molecular flexibility index (Phi) is 10.4. The van der Waals surface area contributed by atoms with Gasteiger partial charge in [-0.1, -0.05) is 0 Å². The third kappa shape index (κ3) is 8.25. The highest BCUT2D eigenvalue weighted by molar-refractivity contribution is 7.80. The summed E-state index contributed by atoms with van der Waals surface area (Å²) in [6, 6.07) is -4.40. The van der Waals surface area contributed by atoms with Crippen LogP contribution in [0.4, 0.5) is 0 Å². The molecule has 12 nitrogen and oxygen atoms in total. The number of nitrogens with two attached hydrogens (primary N) is 1. The highest BCUT2D eigenvalue weighted by Crippen LogP contribution is 2.05. The summed E-state index contributed by atoms with van der Waals surface area (Å²) in [6.07, 6.45) is 0.954. The molecule has 4 amide bonds. The Balaban J connectivity index is 2.78. The van der Waals surface area contributed by atoms with Crippen molar-refractivity contribution in [2.24, 2.45) is 5.73 Å². The second-order valence-electron chi connectivity index (χ2n) is 6.54. The van der Waals surface area contributed by atoms with Crippen LogP contribution in [0, 0.1) is 0 Å². The Morgan fingerprint density at radius 3 is 2.17 bits per heavy atom. The van der Waals surface area contributed by atoms with Crippen molar-refractivity contribution >= 4 is 42.2 Å². The van der Waals surface area contributed by atoms with Crippen molar-refractivity contribution in [3.63, 3.8) is 0 Å². The Morgan fingerprint density at radius 1 is 1.07 bits per heavy atom. The van der Waals surface area contributed by atoms with Crippen molar-refractivity contribution in [2.75, 3.05) is 18.9 Å². The van der Waals surface area contributed by atoms with Crippen LogP contribution in [0.15, 0.2) is 0 Å². The number of nitrogens with one attached hydrogen (secondary N) is 4. The van der Waals surface area contributed by atoms with Crippen molar-refractivity contribution < 1.29 is 34.2 Å². The number of amides is 4. The molecule has 0 spiro atoms. The molecule has 4 unspecified atom stereocenters. The van der Waals surface area contributed by atoms with E-state index in [-0.39, 0.29) is 18.6 Å². The number of carbonyl (C=O) groups is 5. The molecule has 0 saturated carbocycles. The van der Waals surface area contributed by atoms with Gasteiger partial charge in [-0.05, 0) is 25.8 Å². The molecule has 0 aromatic rings. The van der Waals surface area contributed by atoms with Crippen molar-refractivity contribution in [1.29, 1.82) is 0 Å². The topological polar surface area (TPSA) is 200 Å². The molecular formula is C16H27N5O7S. The van der Waals surface area contributed by atoms with Crippen molar-refractivity contribution in [2.45, 2.75) is 49.9 Å². The summed E-state index contributed by atoms with van der Waals surface area (Å²) >= 11 is 3.84. The summed E-state index contributed by atoms with van der Waals surface area (Å²) in [4.78, 5) is 59.1. The highest BCUT2D eigenvalue weighted by atomic mass is 32.1.